The normalized spacial score (nSPS) is 10.4. The summed E-state index contributed by atoms with van der Waals surface area (Å²) >= 11 is 0. The highest BCUT2D eigenvalue weighted by atomic mass is 16.5. The lowest BCUT2D eigenvalue weighted by molar-refractivity contribution is -0.114. The van der Waals surface area contributed by atoms with Crippen LogP contribution in [0.5, 0.6) is 5.75 Å². The van der Waals surface area contributed by atoms with Crippen LogP contribution in [-0.4, -0.2) is 32.0 Å². The molecule has 2 N–H and O–H groups in total. The zero-order valence-corrected chi connectivity index (χ0v) is 20.9. The lowest BCUT2D eigenvalue weighted by Crippen LogP contribution is -2.26. The van der Waals surface area contributed by atoms with Crippen LogP contribution in [0.2, 0.25) is 0 Å². The van der Waals surface area contributed by atoms with E-state index in [-0.39, 0.29) is 18.4 Å². The van der Waals surface area contributed by atoms with Gasteiger partial charge in [-0.25, -0.2) is 0 Å². The van der Waals surface area contributed by atoms with Gasteiger partial charge in [-0.2, -0.15) is 0 Å². The second-order valence-corrected chi connectivity index (χ2v) is 8.62. The Morgan fingerprint density at radius 1 is 0.811 bits per heavy atom. The number of nitrogens with one attached hydrogen (secondary N) is 2. The molecule has 0 atom stereocenters. The van der Waals surface area contributed by atoms with E-state index in [0.717, 1.165) is 24.2 Å². The molecule has 0 bridgehead atoms. The first-order valence-corrected chi connectivity index (χ1v) is 12.3. The number of hydrogen-bond donors (Lipinski definition) is 2. The standard InChI is InChI=1S/C31H31N3O3/c1-34(27-17-6-3-7-18-27)31(36)25-15-10-16-26(22-25)33-30(35)23-32-28-19-8-9-20-29(28)37-21-11-14-24-12-4-2-5-13-24/h2-10,12-13,15-20,22,32H,11,14,21,23H2,1H3,(H,33,35). The van der Waals surface area contributed by atoms with Gasteiger partial charge in [-0.15, -0.1) is 0 Å². The molecular formula is C31H31N3O3. The van der Waals surface area contributed by atoms with Crippen LogP contribution in [0, 0.1) is 0 Å². The Hall–Kier alpha value is -4.58. The van der Waals surface area contributed by atoms with Crippen LogP contribution >= 0.6 is 0 Å². The highest BCUT2D eigenvalue weighted by Crippen LogP contribution is 2.24. The lowest BCUT2D eigenvalue weighted by Gasteiger charge is -2.18. The molecular weight excluding hydrogens is 462 g/mol. The predicted octanol–water partition coefficient (Wildman–Crippen LogP) is 6.03. The van der Waals surface area contributed by atoms with Gasteiger partial charge >= 0.3 is 0 Å². The Morgan fingerprint density at radius 3 is 2.30 bits per heavy atom. The molecule has 37 heavy (non-hydrogen) atoms. The van der Waals surface area contributed by atoms with Crippen molar-refractivity contribution in [1.82, 2.24) is 0 Å². The molecule has 0 unspecified atom stereocenters. The predicted molar refractivity (Wildman–Crippen MR) is 149 cm³/mol. The van der Waals surface area contributed by atoms with E-state index < -0.39 is 0 Å². The first kappa shape index (κ1) is 25.5. The van der Waals surface area contributed by atoms with Crippen LogP contribution in [-0.2, 0) is 11.2 Å². The molecule has 6 heteroatoms. The van der Waals surface area contributed by atoms with Crippen molar-refractivity contribution >= 4 is 28.9 Å². The second-order valence-electron chi connectivity index (χ2n) is 8.62. The molecule has 6 nitrogen and oxygen atoms in total. The summed E-state index contributed by atoms with van der Waals surface area (Å²) < 4.78 is 5.97. The van der Waals surface area contributed by atoms with Crippen molar-refractivity contribution in [3.63, 3.8) is 0 Å². The third-order valence-corrected chi connectivity index (χ3v) is 5.88. The summed E-state index contributed by atoms with van der Waals surface area (Å²) in [6, 6.07) is 34.3. The Bertz CT molecular complexity index is 1310. The maximum absolute atomic E-state index is 12.9. The van der Waals surface area contributed by atoms with Crippen molar-refractivity contribution in [3.05, 3.63) is 120 Å². The lowest BCUT2D eigenvalue weighted by atomic mass is 10.1. The number of amides is 2. The molecule has 188 valence electrons. The van der Waals surface area contributed by atoms with E-state index in [2.05, 4.69) is 22.8 Å². The van der Waals surface area contributed by atoms with Gasteiger partial charge in [-0.1, -0.05) is 66.7 Å². The average molecular weight is 494 g/mol. The highest BCUT2D eigenvalue weighted by Gasteiger charge is 2.14. The number of ether oxygens (including phenoxy) is 1. The number of carbonyl (C=O) groups excluding carboxylic acids is 2. The molecule has 4 aromatic carbocycles. The summed E-state index contributed by atoms with van der Waals surface area (Å²) in [5.74, 6) is 0.332. The minimum atomic E-state index is -0.222. The SMILES string of the molecule is CN(C(=O)c1cccc(NC(=O)CNc2ccccc2OCCCc2ccccc2)c1)c1ccccc1. The van der Waals surface area contributed by atoms with Crippen molar-refractivity contribution in [2.24, 2.45) is 0 Å². The Labute approximate surface area is 217 Å². The molecule has 0 saturated heterocycles. The zero-order valence-electron chi connectivity index (χ0n) is 20.9. The van der Waals surface area contributed by atoms with Gasteiger partial charge in [0.15, 0.2) is 0 Å². The Kier molecular flexibility index (Phi) is 8.92. The van der Waals surface area contributed by atoms with E-state index >= 15 is 0 Å². The summed E-state index contributed by atoms with van der Waals surface area (Å²) in [7, 11) is 1.73. The largest absolute Gasteiger partial charge is 0.491 e. The first-order chi connectivity index (χ1) is 18.1. The van der Waals surface area contributed by atoms with E-state index in [1.807, 2.05) is 72.8 Å². The fraction of sp³-hybridized carbons (Fsp3) is 0.161. The molecule has 0 radical (unpaired) electrons. The summed E-state index contributed by atoms with van der Waals surface area (Å²) in [6.45, 7) is 0.643. The molecule has 4 rings (SSSR count). The molecule has 0 spiro atoms. The number of nitrogens with zero attached hydrogens (tertiary/aromatic N) is 1. The number of benzene rings is 4. The third kappa shape index (κ3) is 7.45. The van der Waals surface area contributed by atoms with E-state index in [9.17, 15) is 9.59 Å². The van der Waals surface area contributed by atoms with Gasteiger partial charge in [0.25, 0.3) is 5.91 Å². The molecule has 0 aliphatic carbocycles. The molecule has 0 heterocycles. The van der Waals surface area contributed by atoms with E-state index in [1.165, 1.54) is 5.56 Å². The van der Waals surface area contributed by atoms with Gasteiger partial charge in [-0.05, 0) is 60.9 Å². The van der Waals surface area contributed by atoms with Crippen molar-refractivity contribution in [2.75, 3.05) is 35.7 Å². The number of rotatable bonds is 11. The zero-order chi connectivity index (χ0) is 25.9. The van der Waals surface area contributed by atoms with Crippen molar-refractivity contribution < 1.29 is 14.3 Å². The van der Waals surface area contributed by atoms with Gasteiger partial charge in [0.05, 0.1) is 18.8 Å². The third-order valence-electron chi connectivity index (χ3n) is 5.88. The molecule has 0 aromatic heterocycles. The van der Waals surface area contributed by atoms with Crippen LogP contribution < -0.4 is 20.3 Å². The number of hydrogen-bond acceptors (Lipinski definition) is 4. The summed E-state index contributed by atoms with van der Waals surface area (Å²) in [4.78, 5) is 27.1. The molecule has 0 fully saturated rings. The fourth-order valence-electron chi connectivity index (χ4n) is 3.91. The van der Waals surface area contributed by atoms with Crippen LogP contribution in [0.1, 0.15) is 22.3 Å². The smallest absolute Gasteiger partial charge is 0.258 e. The summed E-state index contributed by atoms with van der Waals surface area (Å²) in [6.07, 6.45) is 1.84. The van der Waals surface area contributed by atoms with Gasteiger partial charge in [0.1, 0.15) is 5.75 Å². The van der Waals surface area contributed by atoms with E-state index in [0.29, 0.717) is 23.6 Å². The van der Waals surface area contributed by atoms with Crippen molar-refractivity contribution in [3.8, 4) is 5.75 Å². The first-order valence-electron chi connectivity index (χ1n) is 12.3. The minimum absolute atomic E-state index is 0.0620. The Balaban J connectivity index is 1.29. The molecule has 0 aliphatic heterocycles. The minimum Gasteiger partial charge on any atom is -0.491 e. The summed E-state index contributed by atoms with van der Waals surface area (Å²) in [5, 5.41) is 6.02. The fourth-order valence-corrected chi connectivity index (χ4v) is 3.91. The maximum Gasteiger partial charge on any atom is 0.258 e. The van der Waals surface area contributed by atoms with Crippen molar-refractivity contribution in [1.29, 1.82) is 0 Å². The van der Waals surface area contributed by atoms with Crippen LogP contribution in [0.4, 0.5) is 17.1 Å². The average Bonchev–Trinajstić information content (AvgIpc) is 2.95. The van der Waals surface area contributed by atoms with E-state index in [4.69, 9.17) is 4.74 Å². The summed E-state index contributed by atoms with van der Waals surface area (Å²) in [5.41, 5.74) is 3.89. The van der Waals surface area contributed by atoms with Crippen LogP contribution in [0.3, 0.4) is 0 Å². The van der Waals surface area contributed by atoms with Gasteiger partial charge < -0.3 is 20.3 Å². The highest BCUT2D eigenvalue weighted by molar-refractivity contribution is 6.06. The van der Waals surface area contributed by atoms with Crippen LogP contribution in [0.15, 0.2) is 109 Å². The molecule has 0 saturated carbocycles. The topological polar surface area (TPSA) is 70.7 Å². The van der Waals surface area contributed by atoms with Crippen molar-refractivity contribution in [2.45, 2.75) is 12.8 Å². The van der Waals surface area contributed by atoms with Crippen LogP contribution in [0.25, 0.3) is 0 Å². The number of carbonyl (C=O) groups is 2. The number of para-hydroxylation sites is 3. The van der Waals surface area contributed by atoms with E-state index in [1.54, 1.807) is 36.2 Å². The molecule has 4 aromatic rings. The van der Waals surface area contributed by atoms with Gasteiger partial charge in [0, 0.05) is 24.0 Å². The quantitative estimate of drug-likeness (QED) is 0.251. The second kappa shape index (κ2) is 12.9. The number of aryl methyl sites for hydroxylation is 1. The van der Waals surface area contributed by atoms with Gasteiger partial charge in [-0.3, -0.25) is 9.59 Å². The monoisotopic (exact) mass is 493 g/mol. The number of anilines is 3. The van der Waals surface area contributed by atoms with Gasteiger partial charge in [0.2, 0.25) is 5.91 Å². The Morgan fingerprint density at radius 2 is 1.51 bits per heavy atom. The molecule has 2 amide bonds. The molecule has 0 aliphatic rings. The maximum atomic E-state index is 12.9.